The van der Waals surface area contributed by atoms with Gasteiger partial charge in [-0.2, -0.15) is 5.10 Å². The molecule has 0 spiro atoms. The molecule has 5 aromatic rings. The Labute approximate surface area is 189 Å². The molecule has 0 bridgehead atoms. The maximum Gasteiger partial charge on any atom is 0.283 e. The highest BCUT2D eigenvalue weighted by atomic mass is 16.1. The standard InChI is InChI=1S/C25H23N7O/c1-3-26-22-11-10-21-24(29-22)32(18-7-9-19(27-13-18)15-4-5-15)25(33)23(28-21)16-6-8-20-17(12-16)14-31(2)30-20/h6-15H,3-5H2,1-2H3,(H,26,29). The molecule has 0 atom stereocenters. The summed E-state index contributed by atoms with van der Waals surface area (Å²) in [7, 11) is 1.88. The zero-order chi connectivity index (χ0) is 22.5. The molecule has 0 saturated heterocycles. The maximum absolute atomic E-state index is 13.8. The van der Waals surface area contributed by atoms with Crippen LogP contribution in [0.5, 0.6) is 0 Å². The number of aromatic nitrogens is 6. The van der Waals surface area contributed by atoms with Gasteiger partial charge in [-0.25, -0.2) is 9.97 Å². The summed E-state index contributed by atoms with van der Waals surface area (Å²) in [6.07, 6.45) is 6.06. The molecule has 4 aromatic heterocycles. The molecule has 1 fully saturated rings. The fourth-order valence-electron chi connectivity index (χ4n) is 4.22. The van der Waals surface area contributed by atoms with Crippen molar-refractivity contribution in [2.45, 2.75) is 25.7 Å². The van der Waals surface area contributed by atoms with E-state index in [1.807, 2.05) is 62.6 Å². The number of rotatable bonds is 5. The zero-order valence-corrected chi connectivity index (χ0v) is 18.5. The van der Waals surface area contributed by atoms with Crippen molar-refractivity contribution in [1.82, 2.24) is 29.3 Å². The van der Waals surface area contributed by atoms with E-state index >= 15 is 0 Å². The third-order valence-corrected chi connectivity index (χ3v) is 5.98. The highest BCUT2D eigenvalue weighted by Gasteiger charge is 2.25. The van der Waals surface area contributed by atoms with Crippen LogP contribution in [0.4, 0.5) is 5.82 Å². The SMILES string of the molecule is CCNc1ccc2nc(-c3ccc4nn(C)cc4c3)c(=O)n(-c3ccc(C4CC4)nc3)c2n1. The summed E-state index contributed by atoms with van der Waals surface area (Å²) < 4.78 is 3.38. The smallest absolute Gasteiger partial charge is 0.283 e. The predicted molar refractivity (Wildman–Crippen MR) is 129 cm³/mol. The fraction of sp³-hybridized carbons (Fsp3) is 0.240. The first-order chi connectivity index (χ1) is 16.1. The van der Waals surface area contributed by atoms with Gasteiger partial charge in [0.05, 0.1) is 17.4 Å². The Kier molecular flexibility index (Phi) is 4.46. The van der Waals surface area contributed by atoms with Crippen molar-refractivity contribution in [3.8, 4) is 16.9 Å². The Bertz CT molecular complexity index is 1560. The van der Waals surface area contributed by atoms with Crippen LogP contribution in [0.2, 0.25) is 0 Å². The van der Waals surface area contributed by atoms with Crippen LogP contribution in [-0.4, -0.2) is 35.8 Å². The van der Waals surface area contributed by atoms with E-state index in [-0.39, 0.29) is 5.56 Å². The molecule has 0 radical (unpaired) electrons. The number of nitrogens with zero attached hydrogens (tertiary/aromatic N) is 6. The van der Waals surface area contributed by atoms with Crippen LogP contribution in [0.15, 0.2) is 59.7 Å². The van der Waals surface area contributed by atoms with Crippen LogP contribution in [0, 0.1) is 0 Å². The average Bonchev–Trinajstić information content (AvgIpc) is 3.60. The van der Waals surface area contributed by atoms with E-state index in [1.165, 1.54) is 12.8 Å². The van der Waals surface area contributed by atoms with Gasteiger partial charge in [-0.15, -0.1) is 0 Å². The summed E-state index contributed by atoms with van der Waals surface area (Å²) in [5, 5.41) is 8.60. The minimum atomic E-state index is -0.229. The molecule has 1 aromatic carbocycles. The van der Waals surface area contributed by atoms with Gasteiger partial charge in [0.1, 0.15) is 17.0 Å². The lowest BCUT2D eigenvalue weighted by molar-refractivity contribution is 0.780. The lowest BCUT2D eigenvalue weighted by atomic mass is 10.1. The van der Waals surface area contributed by atoms with Crippen molar-refractivity contribution >= 4 is 27.9 Å². The second kappa shape index (κ2) is 7.51. The Morgan fingerprint density at radius 1 is 1.06 bits per heavy atom. The van der Waals surface area contributed by atoms with E-state index in [2.05, 4.69) is 15.4 Å². The lowest BCUT2D eigenvalue weighted by Gasteiger charge is -2.13. The van der Waals surface area contributed by atoms with E-state index in [9.17, 15) is 4.79 Å². The zero-order valence-electron chi connectivity index (χ0n) is 18.5. The van der Waals surface area contributed by atoms with Gasteiger partial charge in [0.2, 0.25) is 0 Å². The van der Waals surface area contributed by atoms with Gasteiger partial charge in [-0.3, -0.25) is 19.0 Å². The van der Waals surface area contributed by atoms with Gasteiger partial charge in [0.15, 0.2) is 5.65 Å². The normalized spacial score (nSPS) is 13.6. The molecule has 1 aliphatic rings. The van der Waals surface area contributed by atoms with Crippen molar-refractivity contribution < 1.29 is 0 Å². The van der Waals surface area contributed by atoms with Crippen LogP contribution >= 0.6 is 0 Å². The molecule has 8 nitrogen and oxygen atoms in total. The molecule has 4 heterocycles. The van der Waals surface area contributed by atoms with Crippen LogP contribution in [0.1, 0.15) is 31.4 Å². The summed E-state index contributed by atoms with van der Waals surface area (Å²) in [6.45, 7) is 2.74. The van der Waals surface area contributed by atoms with Crippen LogP contribution < -0.4 is 10.9 Å². The third-order valence-electron chi connectivity index (χ3n) is 5.98. The Hall–Kier alpha value is -4.07. The molecular formula is C25H23N7O. The van der Waals surface area contributed by atoms with E-state index in [4.69, 9.17) is 9.97 Å². The Balaban J connectivity index is 1.59. The van der Waals surface area contributed by atoms with Gasteiger partial charge < -0.3 is 5.32 Å². The summed E-state index contributed by atoms with van der Waals surface area (Å²) in [4.78, 5) is 27.9. The Morgan fingerprint density at radius 3 is 2.67 bits per heavy atom. The van der Waals surface area contributed by atoms with Crippen LogP contribution in [-0.2, 0) is 7.05 Å². The highest BCUT2D eigenvalue weighted by molar-refractivity contribution is 5.85. The number of nitrogens with one attached hydrogen (secondary N) is 1. The van der Waals surface area contributed by atoms with Crippen molar-refractivity contribution in [3.05, 3.63) is 70.9 Å². The molecule has 8 heteroatoms. The summed E-state index contributed by atoms with van der Waals surface area (Å²) in [5.74, 6) is 1.25. The first-order valence-corrected chi connectivity index (χ1v) is 11.2. The number of pyridine rings is 2. The van der Waals surface area contributed by atoms with Crippen LogP contribution in [0.25, 0.3) is 39.0 Å². The third kappa shape index (κ3) is 3.44. The summed E-state index contributed by atoms with van der Waals surface area (Å²) >= 11 is 0. The molecule has 6 rings (SSSR count). The number of anilines is 1. The van der Waals surface area contributed by atoms with Gasteiger partial charge >= 0.3 is 0 Å². The molecule has 1 N–H and O–H groups in total. The van der Waals surface area contributed by atoms with Gasteiger partial charge in [0, 0.05) is 42.4 Å². The van der Waals surface area contributed by atoms with Crippen molar-refractivity contribution in [2.24, 2.45) is 7.05 Å². The summed E-state index contributed by atoms with van der Waals surface area (Å²) in [6, 6.07) is 13.5. The van der Waals surface area contributed by atoms with Gasteiger partial charge in [-0.1, -0.05) is 6.07 Å². The van der Waals surface area contributed by atoms with E-state index in [1.54, 1.807) is 15.4 Å². The van der Waals surface area contributed by atoms with Crippen molar-refractivity contribution in [2.75, 3.05) is 11.9 Å². The van der Waals surface area contributed by atoms with E-state index in [0.717, 1.165) is 28.7 Å². The Morgan fingerprint density at radius 2 is 1.91 bits per heavy atom. The van der Waals surface area contributed by atoms with Crippen LogP contribution in [0.3, 0.4) is 0 Å². The second-order valence-corrected chi connectivity index (χ2v) is 8.46. The molecule has 33 heavy (non-hydrogen) atoms. The molecule has 1 aliphatic carbocycles. The quantitative estimate of drug-likeness (QED) is 0.446. The molecule has 0 unspecified atom stereocenters. The molecule has 164 valence electrons. The molecular weight excluding hydrogens is 414 g/mol. The maximum atomic E-state index is 13.8. The lowest BCUT2D eigenvalue weighted by Crippen LogP contribution is -2.23. The second-order valence-electron chi connectivity index (χ2n) is 8.46. The van der Waals surface area contributed by atoms with E-state index in [0.29, 0.717) is 34.3 Å². The number of benzene rings is 1. The average molecular weight is 438 g/mol. The predicted octanol–water partition coefficient (Wildman–Crippen LogP) is 4.04. The number of hydrogen-bond acceptors (Lipinski definition) is 6. The van der Waals surface area contributed by atoms with Crippen molar-refractivity contribution in [1.29, 1.82) is 0 Å². The number of fused-ring (bicyclic) bond motifs is 2. The largest absolute Gasteiger partial charge is 0.370 e. The number of hydrogen-bond donors (Lipinski definition) is 1. The topological polar surface area (TPSA) is 90.5 Å². The summed E-state index contributed by atoms with van der Waals surface area (Å²) in [5.41, 5.74) is 4.67. The molecule has 1 saturated carbocycles. The van der Waals surface area contributed by atoms with Gasteiger partial charge in [-0.05, 0) is 56.2 Å². The first-order valence-electron chi connectivity index (χ1n) is 11.2. The number of aryl methyl sites for hydroxylation is 1. The van der Waals surface area contributed by atoms with Gasteiger partial charge in [0.25, 0.3) is 5.56 Å². The van der Waals surface area contributed by atoms with Crippen molar-refractivity contribution in [3.63, 3.8) is 0 Å². The highest BCUT2D eigenvalue weighted by Crippen LogP contribution is 2.38. The monoisotopic (exact) mass is 437 g/mol. The molecule has 0 amide bonds. The fourth-order valence-corrected chi connectivity index (χ4v) is 4.22. The van der Waals surface area contributed by atoms with E-state index < -0.39 is 0 Å². The molecule has 0 aliphatic heterocycles. The minimum absolute atomic E-state index is 0.229. The first kappa shape index (κ1) is 19.6. The minimum Gasteiger partial charge on any atom is -0.370 e.